The minimum Gasteiger partial charge on any atom is -0.481 e. The monoisotopic (exact) mass is 226 g/mol. The molecule has 0 aliphatic heterocycles. The summed E-state index contributed by atoms with van der Waals surface area (Å²) < 4.78 is 2.43. The number of aromatic nitrogens is 2. The van der Waals surface area contributed by atoms with Gasteiger partial charge < -0.3 is 9.67 Å². The highest BCUT2D eigenvalue weighted by molar-refractivity contribution is 5.66. The van der Waals surface area contributed by atoms with Crippen LogP contribution in [0.15, 0.2) is 21.9 Å². The van der Waals surface area contributed by atoms with Gasteiger partial charge in [0.25, 0.3) is 5.56 Å². The SMILES string of the molecule is Cn1ccc(=O)n(CCCCC(=O)O)c1=O. The molecular formula is C10H14N2O4. The largest absolute Gasteiger partial charge is 0.481 e. The molecule has 0 aliphatic carbocycles. The van der Waals surface area contributed by atoms with Gasteiger partial charge in [-0.3, -0.25) is 14.2 Å². The van der Waals surface area contributed by atoms with Gasteiger partial charge in [0.15, 0.2) is 0 Å². The third-order valence-corrected chi connectivity index (χ3v) is 2.26. The van der Waals surface area contributed by atoms with Gasteiger partial charge in [0.05, 0.1) is 0 Å². The molecule has 1 aromatic heterocycles. The fourth-order valence-electron chi connectivity index (χ4n) is 1.37. The number of carboxylic acid groups (broad SMARTS) is 1. The molecule has 0 aliphatic rings. The van der Waals surface area contributed by atoms with Crippen molar-refractivity contribution >= 4 is 5.97 Å². The van der Waals surface area contributed by atoms with E-state index in [0.717, 1.165) is 4.57 Å². The van der Waals surface area contributed by atoms with E-state index in [0.29, 0.717) is 12.8 Å². The van der Waals surface area contributed by atoms with Crippen LogP contribution in [0.5, 0.6) is 0 Å². The second-order valence-electron chi connectivity index (χ2n) is 3.55. The molecule has 0 unspecified atom stereocenters. The van der Waals surface area contributed by atoms with Gasteiger partial charge in [-0.25, -0.2) is 4.79 Å². The number of hydrogen-bond acceptors (Lipinski definition) is 3. The van der Waals surface area contributed by atoms with Gasteiger partial charge in [-0.1, -0.05) is 0 Å². The minimum atomic E-state index is -0.867. The number of carbonyl (C=O) groups is 1. The molecular weight excluding hydrogens is 212 g/mol. The lowest BCUT2D eigenvalue weighted by atomic mass is 10.2. The summed E-state index contributed by atoms with van der Waals surface area (Å²) in [7, 11) is 1.57. The van der Waals surface area contributed by atoms with Crippen molar-refractivity contribution in [3.05, 3.63) is 33.1 Å². The van der Waals surface area contributed by atoms with Crippen LogP contribution in [0.25, 0.3) is 0 Å². The highest BCUT2D eigenvalue weighted by Crippen LogP contribution is 1.95. The van der Waals surface area contributed by atoms with Crippen LogP contribution in [0.1, 0.15) is 19.3 Å². The molecule has 0 radical (unpaired) electrons. The van der Waals surface area contributed by atoms with E-state index in [4.69, 9.17) is 5.11 Å². The van der Waals surface area contributed by atoms with Crippen LogP contribution >= 0.6 is 0 Å². The summed E-state index contributed by atoms with van der Waals surface area (Å²) in [4.78, 5) is 33.1. The van der Waals surface area contributed by atoms with Crippen LogP contribution < -0.4 is 11.2 Å². The Morgan fingerprint density at radius 3 is 2.69 bits per heavy atom. The van der Waals surface area contributed by atoms with Crippen molar-refractivity contribution in [2.24, 2.45) is 7.05 Å². The molecule has 0 saturated carbocycles. The molecule has 16 heavy (non-hydrogen) atoms. The second kappa shape index (κ2) is 5.29. The first-order chi connectivity index (χ1) is 7.52. The molecule has 88 valence electrons. The van der Waals surface area contributed by atoms with Gasteiger partial charge in [0.2, 0.25) is 0 Å². The molecule has 0 spiro atoms. The molecule has 1 aromatic rings. The maximum Gasteiger partial charge on any atom is 0.330 e. The Hall–Kier alpha value is -1.85. The summed E-state index contributed by atoms with van der Waals surface area (Å²) in [5.74, 6) is -0.867. The van der Waals surface area contributed by atoms with Gasteiger partial charge in [0, 0.05) is 32.3 Å². The van der Waals surface area contributed by atoms with Gasteiger partial charge in [-0.05, 0) is 12.8 Å². The molecule has 0 bridgehead atoms. The van der Waals surface area contributed by atoms with Crippen LogP contribution in [0.2, 0.25) is 0 Å². The van der Waals surface area contributed by atoms with Crippen molar-refractivity contribution in [2.45, 2.75) is 25.8 Å². The summed E-state index contributed by atoms with van der Waals surface area (Å²) in [6.07, 6.45) is 2.44. The predicted molar refractivity (Wildman–Crippen MR) is 57.4 cm³/mol. The zero-order valence-electron chi connectivity index (χ0n) is 9.05. The van der Waals surface area contributed by atoms with Crippen LogP contribution in [0.3, 0.4) is 0 Å². The van der Waals surface area contributed by atoms with Crippen LogP contribution in [0.4, 0.5) is 0 Å². The molecule has 0 aromatic carbocycles. The summed E-state index contributed by atoms with van der Waals surface area (Å²) >= 11 is 0. The Kier molecular flexibility index (Phi) is 4.04. The molecule has 0 atom stereocenters. The zero-order chi connectivity index (χ0) is 12.1. The van der Waals surface area contributed by atoms with E-state index in [1.165, 1.54) is 16.8 Å². The third kappa shape index (κ3) is 3.08. The van der Waals surface area contributed by atoms with E-state index >= 15 is 0 Å². The lowest BCUT2D eigenvalue weighted by Gasteiger charge is -2.05. The Morgan fingerprint density at radius 2 is 2.06 bits per heavy atom. The highest BCUT2D eigenvalue weighted by atomic mass is 16.4. The van der Waals surface area contributed by atoms with Crippen molar-refractivity contribution in [3.63, 3.8) is 0 Å². The van der Waals surface area contributed by atoms with E-state index in [2.05, 4.69) is 0 Å². The first-order valence-electron chi connectivity index (χ1n) is 5.00. The number of hydrogen-bond donors (Lipinski definition) is 1. The number of aliphatic carboxylic acids is 1. The first-order valence-corrected chi connectivity index (χ1v) is 5.00. The van der Waals surface area contributed by atoms with E-state index < -0.39 is 5.97 Å². The smallest absolute Gasteiger partial charge is 0.330 e. The molecule has 6 nitrogen and oxygen atoms in total. The maximum absolute atomic E-state index is 11.5. The average molecular weight is 226 g/mol. The van der Waals surface area contributed by atoms with Crippen molar-refractivity contribution in [1.82, 2.24) is 9.13 Å². The van der Waals surface area contributed by atoms with Crippen LogP contribution in [-0.2, 0) is 18.4 Å². The molecule has 1 rings (SSSR count). The van der Waals surface area contributed by atoms with E-state index in [1.807, 2.05) is 0 Å². The molecule has 0 fully saturated rings. The number of rotatable bonds is 5. The molecule has 1 heterocycles. The van der Waals surface area contributed by atoms with Gasteiger partial charge in [-0.15, -0.1) is 0 Å². The Morgan fingerprint density at radius 1 is 1.38 bits per heavy atom. The topological polar surface area (TPSA) is 81.3 Å². The summed E-state index contributed by atoms with van der Waals surface area (Å²) in [6, 6.07) is 1.32. The number of unbranched alkanes of at least 4 members (excludes halogenated alkanes) is 1. The van der Waals surface area contributed by atoms with Gasteiger partial charge in [0.1, 0.15) is 0 Å². The number of carboxylic acids is 1. The van der Waals surface area contributed by atoms with E-state index in [-0.39, 0.29) is 24.2 Å². The molecule has 0 amide bonds. The summed E-state index contributed by atoms with van der Waals surface area (Å²) in [5, 5.41) is 8.43. The minimum absolute atomic E-state index is 0.0574. The fourth-order valence-corrected chi connectivity index (χ4v) is 1.37. The quantitative estimate of drug-likeness (QED) is 0.705. The van der Waals surface area contributed by atoms with Gasteiger partial charge >= 0.3 is 11.7 Å². The van der Waals surface area contributed by atoms with Crippen molar-refractivity contribution in [1.29, 1.82) is 0 Å². The lowest BCUT2D eigenvalue weighted by molar-refractivity contribution is -0.137. The standard InChI is InChI=1S/C10H14N2O4/c1-11-7-5-8(13)12(10(11)16)6-3-2-4-9(14)15/h5,7H,2-4,6H2,1H3,(H,14,15). The molecule has 0 saturated heterocycles. The van der Waals surface area contributed by atoms with E-state index in [9.17, 15) is 14.4 Å². The maximum atomic E-state index is 11.5. The van der Waals surface area contributed by atoms with Crippen molar-refractivity contribution in [2.75, 3.05) is 0 Å². The van der Waals surface area contributed by atoms with Crippen molar-refractivity contribution < 1.29 is 9.90 Å². The highest BCUT2D eigenvalue weighted by Gasteiger charge is 2.03. The normalized spacial score (nSPS) is 10.3. The average Bonchev–Trinajstić information content (AvgIpc) is 2.22. The first kappa shape index (κ1) is 12.2. The van der Waals surface area contributed by atoms with Crippen LogP contribution in [-0.4, -0.2) is 20.2 Å². The predicted octanol–water partition coefficient (Wildman–Crippen LogP) is -0.198. The lowest BCUT2D eigenvalue weighted by Crippen LogP contribution is -2.37. The zero-order valence-corrected chi connectivity index (χ0v) is 9.05. The molecule has 1 N–H and O–H groups in total. The number of nitrogens with zero attached hydrogens (tertiary/aromatic N) is 2. The summed E-state index contributed by atoms with van der Waals surface area (Å²) in [6.45, 7) is 0.264. The van der Waals surface area contributed by atoms with E-state index in [1.54, 1.807) is 7.05 Å². The Bertz CT molecular complexity index is 486. The fraction of sp³-hybridized carbons (Fsp3) is 0.500. The van der Waals surface area contributed by atoms with Crippen LogP contribution in [0, 0.1) is 0 Å². The molecule has 6 heteroatoms. The van der Waals surface area contributed by atoms with Gasteiger partial charge in [-0.2, -0.15) is 0 Å². The third-order valence-electron chi connectivity index (χ3n) is 2.26. The summed E-state index contributed by atoms with van der Waals surface area (Å²) in [5.41, 5.74) is -0.721. The Balaban J connectivity index is 2.67. The van der Waals surface area contributed by atoms with Crippen molar-refractivity contribution in [3.8, 4) is 0 Å². The number of aryl methyl sites for hydroxylation is 1. The second-order valence-corrected chi connectivity index (χ2v) is 3.55. The Labute approximate surface area is 91.8 Å².